The zero-order valence-corrected chi connectivity index (χ0v) is 27.5. The monoisotopic (exact) mass is 666 g/mol. The normalized spacial score (nSPS) is 20.3. The number of piperazine rings is 1. The number of aliphatic hydroxyl groups is 1. The molecule has 0 saturated carbocycles. The average Bonchev–Trinajstić information content (AvgIpc) is 3.15. The first-order chi connectivity index (χ1) is 24.0. The van der Waals surface area contributed by atoms with Crippen molar-refractivity contribution in [2.75, 3.05) is 50.1 Å². The van der Waals surface area contributed by atoms with E-state index in [1.54, 1.807) is 24.5 Å². The molecule has 12 nitrogen and oxygen atoms in total. The topological polar surface area (TPSA) is 138 Å². The molecule has 3 aromatic carbocycles. The Morgan fingerprint density at radius 1 is 0.878 bits per heavy atom. The fourth-order valence-corrected chi connectivity index (χ4v) is 6.14. The summed E-state index contributed by atoms with van der Waals surface area (Å²) in [5, 5.41) is 15.1. The number of aromatic nitrogens is 2. The van der Waals surface area contributed by atoms with Crippen LogP contribution in [0.4, 0.5) is 16.4 Å². The summed E-state index contributed by atoms with van der Waals surface area (Å²) in [6.45, 7) is 4.12. The standard InChI is InChI=1S/C37H42N6O6/c1-47-34(45)32(22-26-6-3-2-4-7-26)41-37(46)40-30-14-12-29(13-15-30)35-48-31(23-33(49-35)28-10-8-27(25-44)9-11-28)24-42-18-20-43(21-19-42)36-38-16-5-17-39-36/h2-17,31-33,35,44H,18-25H2,1H3,(H2,40,41,46). The summed E-state index contributed by atoms with van der Waals surface area (Å²) in [5.41, 5.74) is 4.13. The summed E-state index contributed by atoms with van der Waals surface area (Å²) in [4.78, 5) is 38.7. The van der Waals surface area contributed by atoms with Gasteiger partial charge in [0.15, 0.2) is 6.29 Å². The highest BCUT2D eigenvalue weighted by Crippen LogP contribution is 2.38. The number of carbonyl (C=O) groups is 2. The predicted molar refractivity (Wildman–Crippen MR) is 184 cm³/mol. The molecule has 0 radical (unpaired) electrons. The molecule has 4 atom stereocenters. The van der Waals surface area contributed by atoms with Gasteiger partial charge in [0.25, 0.3) is 0 Å². The highest BCUT2D eigenvalue weighted by atomic mass is 16.7. The number of hydrogen-bond donors (Lipinski definition) is 3. The fraction of sp³-hybridized carbons (Fsp3) is 0.351. The van der Waals surface area contributed by atoms with E-state index < -0.39 is 24.3 Å². The molecule has 3 heterocycles. The van der Waals surface area contributed by atoms with E-state index in [1.165, 1.54) is 7.11 Å². The van der Waals surface area contributed by atoms with Gasteiger partial charge in [-0.2, -0.15) is 0 Å². The molecular weight excluding hydrogens is 624 g/mol. The molecule has 0 aliphatic carbocycles. The van der Waals surface area contributed by atoms with Gasteiger partial charge in [0.05, 0.1) is 25.9 Å². The van der Waals surface area contributed by atoms with Crippen LogP contribution in [0.5, 0.6) is 0 Å². The van der Waals surface area contributed by atoms with Crippen molar-refractivity contribution in [3.63, 3.8) is 0 Å². The van der Waals surface area contributed by atoms with Crippen molar-refractivity contribution >= 4 is 23.6 Å². The van der Waals surface area contributed by atoms with Crippen molar-refractivity contribution in [1.82, 2.24) is 20.2 Å². The van der Waals surface area contributed by atoms with Crippen molar-refractivity contribution in [1.29, 1.82) is 0 Å². The Morgan fingerprint density at radius 3 is 2.24 bits per heavy atom. The highest BCUT2D eigenvalue weighted by Gasteiger charge is 2.34. The third kappa shape index (κ3) is 9.18. The molecule has 6 rings (SSSR count). The van der Waals surface area contributed by atoms with Crippen LogP contribution in [0.25, 0.3) is 0 Å². The first-order valence-corrected chi connectivity index (χ1v) is 16.5. The zero-order valence-electron chi connectivity index (χ0n) is 27.5. The third-order valence-corrected chi connectivity index (χ3v) is 8.80. The zero-order chi connectivity index (χ0) is 34.0. The van der Waals surface area contributed by atoms with E-state index in [0.717, 1.165) is 60.9 Å². The quantitative estimate of drug-likeness (QED) is 0.199. The van der Waals surface area contributed by atoms with E-state index in [-0.39, 0.29) is 18.8 Å². The molecule has 0 spiro atoms. The second-order valence-corrected chi connectivity index (χ2v) is 12.2. The van der Waals surface area contributed by atoms with Crippen molar-refractivity contribution in [3.05, 3.63) is 120 Å². The Balaban J connectivity index is 1.10. The lowest BCUT2D eigenvalue weighted by atomic mass is 9.99. The van der Waals surface area contributed by atoms with Crippen LogP contribution in [0.1, 0.15) is 41.1 Å². The van der Waals surface area contributed by atoms with Crippen LogP contribution in [-0.4, -0.2) is 84.0 Å². The summed E-state index contributed by atoms with van der Waals surface area (Å²) < 4.78 is 18.0. The molecule has 2 fully saturated rings. The number of esters is 1. The van der Waals surface area contributed by atoms with Gasteiger partial charge in [-0.1, -0.05) is 66.7 Å². The Morgan fingerprint density at radius 2 is 1.57 bits per heavy atom. The minimum atomic E-state index is -0.842. The number of benzene rings is 3. The summed E-state index contributed by atoms with van der Waals surface area (Å²) in [6, 6.07) is 25.0. The van der Waals surface area contributed by atoms with Gasteiger partial charge < -0.3 is 34.9 Å². The Kier molecular flexibility index (Phi) is 11.4. The van der Waals surface area contributed by atoms with Gasteiger partial charge >= 0.3 is 12.0 Å². The molecule has 49 heavy (non-hydrogen) atoms. The van der Waals surface area contributed by atoms with Crippen molar-refractivity contribution < 1.29 is 28.9 Å². The van der Waals surface area contributed by atoms with Crippen LogP contribution in [0.3, 0.4) is 0 Å². The molecule has 12 heteroatoms. The van der Waals surface area contributed by atoms with E-state index in [1.807, 2.05) is 72.8 Å². The van der Waals surface area contributed by atoms with E-state index in [2.05, 4.69) is 30.4 Å². The maximum Gasteiger partial charge on any atom is 0.328 e. The lowest BCUT2D eigenvalue weighted by Gasteiger charge is -2.40. The van der Waals surface area contributed by atoms with Gasteiger partial charge in [-0.3, -0.25) is 4.90 Å². The lowest BCUT2D eigenvalue weighted by Crippen LogP contribution is -2.50. The molecule has 4 aromatic rings. The van der Waals surface area contributed by atoms with Crippen LogP contribution in [-0.2, 0) is 32.0 Å². The number of carbonyl (C=O) groups excluding carboxylic acids is 2. The predicted octanol–water partition coefficient (Wildman–Crippen LogP) is 4.24. The highest BCUT2D eigenvalue weighted by molar-refractivity contribution is 5.92. The van der Waals surface area contributed by atoms with Crippen molar-refractivity contribution in [3.8, 4) is 0 Å². The number of aliphatic hydroxyl groups excluding tert-OH is 1. The molecule has 3 N–H and O–H groups in total. The largest absolute Gasteiger partial charge is 0.467 e. The van der Waals surface area contributed by atoms with E-state index in [0.29, 0.717) is 18.5 Å². The van der Waals surface area contributed by atoms with Crippen LogP contribution in [0.2, 0.25) is 0 Å². The number of rotatable bonds is 11. The number of amides is 2. The van der Waals surface area contributed by atoms with Crippen molar-refractivity contribution in [2.45, 2.75) is 44.0 Å². The van der Waals surface area contributed by atoms with Gasteiger partial charge in [-0.25, -0.2) is 19.6 Å². The number of urea groups is 1. The Bertz CT molecular complexity index is 1640. The molecule has 4 unspecified atom stereocenters. The van der Waals surface area contributed by atoms with E-state index in [9.17, 15) is 14.7 Å². The second-order valence-electron chi connectivity index (χ2n) is 12.2. The van der Waals surface area contributed by atoms with Crippen LogP contribution >= 0.6 is 0 Å². The molecule has 0 bridgehead atoms. The van der Waals surface area contributed by atoms with Gasteiger partial charge in [-0.15, -0.1) is 0 Å². The summed E-state index contributed by atoms with van der Waals surface area (Å²) >= 11 is 0. The summed E-state index contributed by atoms with van der Waals surface area (Å²) in [7, 11) is 1.30. The average molecular weight is 667 g/mol. The van der Waals surface area contributed by atoms with Crippen molar-refractivity contribution in [2.24, 2.45) is 0 Å². The maximum absolute atomic E-state index is 12.9. The van der Waals surface area contributed by atoms with Gasteiger partial charge in [0.2, 0.25) is 5.95 Å². The fourth-order valence-electron chi connectivity index (χ4n) is 6.14. The first kappa shape index (κ1) is 34.0. The van der Waals surface area contributed by atoms with E-state index in [4.69, 9.17) is 14.2 Å². The molecule has 2 aliphatic heterocycles. The molecule has 2 amide bonds. The van der Waals surface area contributed by atoms with Crippen LogP contribution in [0.15, 0.2) is 97.3 Å². The van der Waals surface area contributed by atoms with Gasteiger partial charge in [0, 0.05) is 69.2 Å². The minimum Gasteiger partial charge on any atom is -0.467 e. The Hall–Kier alpha value is -4.88. The molecule has 2 aliphatic rings. The van der Waals surface area contributed by atoms with Gasteiger partial charge in [-0.05, 0) is 34.9 Å². The summed E-state index contributed by atoms with van der Waals surface area (Å²) in [5.74, 6) is 0.227. The third-order valence-electron chi connectivity index (χ3n) is 8.80. The molecular formula is C37H42N6O6. The van der Waals surface area contributed by atoms with E-state index >= 15 is 0 Å². The maximum atomic E-state index is 12.9. The molecule has 1 aromatic heterocycles. The molecule has 256 valence electrons. The number of nitrogens with zero attached hydrogens (tertiary/aromatic N) is 4. The number of hydrogen-bond acceptors (Lipinski definition) is 10. The minimum absolute atomic E-state index is 0.0189. The number of nitrogens with one attached hydrogen (secondary N) is 2. The van der Waals surface area contributed by atoms with Crippen LogP contribution < -0.4 is 15.5 Å². The van der Waals surface area contributed by atoms with Gasteiger partial charge in [0.1, 0.15) is 6.04 Å². The Labute approximate surface area is 286 Å². The first-order valence-electron chi connectivity index (χ1n) is 16.5. The van der Waals surface area contributed by atoms with Crippen LogP contribution in [0, 0.1) is 0 Å². The number of methoxy groups -OCH3 is 1. The molecule has 2 saturated heterocycles. The number of anilines is 2. The number of ether oxygens (including phenoxy) is 3. The lowest BCUT2D eigenvalue weighted by molar-refractivity contribution is -0.253. The SMILES string of the molecule is COC(=O)C(Cc1ccccc1)NC(=O)Nc1ccc(C2OC(CN3CCN(c4ncccn4)CC3)CC(c3ccc(CO)cc3)O2)cc1. The smallest absolute Gasteiger partial charge is 0.328 e. The summed E-state index contributed by atoms with van der Waals surface area (Å²) in [6.07, 6.45) is 3.59. The second kappa shape index (κ2) is 16.5.